The average molecular weight is 277 g/mol. The van der Waals surface area contributed by atoms with Crippen molar-refractivity contribution in [1.82, 2.24) is 5.32 Å². The van der Waals surface area contributed by atoms with Gasteiger partial charge in [0.15, 0.2) is 0 Å². The van der Waals surface area contributed by atoms with Crippen LogP contribution in [0.25, 0.3) is 0 Å². The van der Waals surface area contributed by atoms with Crippen LogP contribution in [0.5, 0.6) is 0 Å². The highest BCUT2D eigenvalue weighted by Gasteiger charge is 2.12. The van der Waals surface area contributed by atoms with Gasteiger partial charge in [0.2, 0.25) is 10.0 Å². The molecule has 5 nitrogen and oxygen atoms in total. The van der Waals surface area contributed by atoms with Crippen molar-refractivity contribution in [2.75, 3.05) is 17.0 Å². The molecule has 0 heterocycles. The fourth-order valence-electron chi connectivity index (χ4n) is 1.21. The van der Waals surface area contributed by atoms with Gasteiger partial charge >= 0.3 is 0 Å². The number of sulfonamides is 1. The van der Waals surface area contributed by atoms with Crippen LogP contribution in [-0.4, -0.2) is 26.6 Å². The summed E-state index contributed by atoms with van der Waals surface area (Å²) in [5, 5.41) is 1.93. The van der Waals surface area contributed by atoms with Gasteiger partial charge in [-0.15, -0.1) is 11.6 Å². The summed E-state index contributed by atoms with van der Waals surface area (Å²) in [4.78, 5) is 11.4. The number of carbonyl (C=O) groups is 1. The second-order valence-electron chi connectivity index (χ2n) is 3.43. The van der Waals surface area contributed by atoms with E-state index in [9.17, 15) is 13.2 Å². The van der Waals surface area contributed by atoms with E-state index >= 15 is 0 Å². The van der Waals surface area contributed by atoms with Crippen molar-refractivity contribution in [3.05, 3.63) is 29.3 Å². The summed E-state index contributed by atoms with van der Waals surface area (Å²) >= 11 is 5.30. The van der Waals surface area contributed by atoms with Crippen LogP contribution in [0.3, 0.4) is 0 Å². The normalized spacial score (nSPS) is 11.0. The van der Waals surface area contributed by atoms with Crippen molar-refractivity contribution in [2.24, 2.45) is 0 Å². The van der Waals surface area contributed by atoms with Crippen molar-refractivity contribution in [3.8, 4) is 0 Å². The summed E-state index contributed by atoms with van der Waals surface area (Å²) in [6.07, 6.45) is 0. The summed E-state index contributed by atoms with van der Waals surface area (Å²) in [5.74, 6) is -0.281. The lowest BCUT2D eigenvalue weighted by molar-refractivity contribution is 0.0963. The van der Waals surface area contributed by atoms with E-state index in [0.717, 1.165) is 0 Å². The molecule has 7 heteroatoms. The number of nitrogens with one attached hydrogen (secondary N) is 2. The summed E-state index contributed by atoms with van der Waals surface area (Å²) in [7, 11) is -2.06. The molecule has 0 aromatic heterocycles. The maximum atomic E-state index is 11.4. The monoisotopic (exact) mass is 276 g/mol. The number of anilines is 1. The summed E-state index contributed by atoms with van der Waals surface area (Å²) in [5.41, 5.74) is 1.45. The number of carbonyl (C=O) groups excluding carboxylic acids is 1. The Kier molecular flexibility index (Phi) is 4.36. The lowest BCUT2D eigenvalue weighted by Crippen LogP contribution is -2.19. The second-order valence-corrected chi connectivity index (χ2v) is 5.74. The van der Waals surface area contributed by atoms with Gasteiger partial charge in [-0.3, -0.25) is 9.52 Å². The van der Waals surface area contributed by atoms with E-state index in [2.05, 4.69) is 10.0 Å². The Morgan fingerprint density at radius 3 is 2.59 bits per heavy atom. The summed E-state index contributed by atoms with van der Waals surface area (Å²) in [6.45, 7) is 1.74. The van der Waals surface area contributed by atoms with Crippen LogP contribution in [-0.2, 0) is 10.0 Å². The fraction of sp³-hybridized carbons (Fsp3) is 0.300. The molecule has 0 atom stereocenters. The third kappa shape index (κ3) is 3.61. The van der Waals surface area contributed by atoms with Gasteiger partial charge in [0.25, 0.3) is 5.91 Å². The number of halogens is 1. The first-order chi connectivity index (χ1) is 7.89. The van der Waals surface area contributed by atoms with Crippen LogP contribution in [0.2, 0.25) is 0 Å². The van der Waals surface area contributed by atoms with Crippen LogP contribution < -0.4 is 10.0 Å². The molecule has 1 aromatic carbocycles. The van der Waals surface area contributed by atoms with E-state index < -0.39 is 15.2 Å². The minimum Gasteiger partial charge on any atom is -0.355 e. The maximum absolute atomic E-state index is 11.4. The third-order valence-corrected chi connectivity index (χ3v) is 3.82. The fourth-order valence-corrected chi connectivity index (χ4v) is 1.99. The first-order valence-corrected chi connectivity index (χ1v) is 6.97. The molecule has 0 saturated heterocycles. The van der Waals surface area contributed by atoms with E-state index in [0.29, 0.717) is 16.8 Å². The van der Waals surface area contributed by atoms with Crippen LogP contribution in [0, 0.1) is 6.92 Å². The van der Waals surface area contributed by atoms with E-state index in [1.807, 2.05) is 0 Å². The molecule has 0 aliphatic heterocycles. The van der Waals surface area contributed by atoms with E-state index in [4.69, 9.17) is 11.6 Å². The molecule has 1 amide bonds. The molecule has 17 heavy (non-hydrogen) atoms. The molecular weight excluding hydrogens is 264 g/mol. The number of hydrogen-bond donors (Lipinski definition) is 2. The first kappa shape index (κ1) is 13.8. The van der Waals surface area contributed by atoms with Crippen LogP contribution in [0.4, 0.5) is 5.69 Å². The minimum absolute atomic E-state index is 0.281. The third-order valence-electron chi connectivity index (χ3n) is 2.14. The van der Waals surface area contributed by atoms with Gasteiger partial charge < -0.3 is 5.32 Å². The van der Waals surface area contributed by atoms with Gasteiger partial charge in [0.1, 0.15) is 5.21 Å². The Morgan fingerprint density at radius 2 is 2.06 bits per heavy atom. The summed E-state index contributed by atoms with van der Waals surface area (Å²) < 4.78 is 25.0. The number of aryl methyl sites for hydroxylation is 1. The lowest BCUT2D eigenvalue weighted by atomic mass is 10.1. The van der Waals surface area contributed by atoms with Gasteiger partial charge in [-0.2, -0.15) is 0 Å². The number of benzene rings is 1. The van der Waals surface area contributed by atoms with Gasteiger partial charge in [0.05, 0.1) is 5.69 Å². The van der Waals surface area contributed by atoms with Crippen molar-refractivity contribution >= 4 is 33.2 Å². The van der Waals surface area contributed by atoms with Crippen molar-refractivity contribution in [1.29, 1.82) is 0 Å². The number of rotatable bonds is 4. The molecule has 94 valence electrons. The highest BCUT2D eigenvalue weighted by Crippen LogP contribution is 2.18. The Labute approximate surface area is 105 Å². The topological polar surface area (TPSA) is 75.3 Å². The standard InChI is InChI=1S/C10H13ClN2O3S/c1-7-3-4-8(10(14)12-2)5-9(7)13-17(15,16)6-11/h3-5,13H,6H2,1-2H3,(H,12,14). The molecule has 0 radical (unpaired) electrons. The highest BCUT2D eigenvalue weighted by atomic mass is 35.5. The molecule has 0 aliphatic carbocycles. The molecule has 0 spiro atoms. The molecular formula is C10H13ClN2O3S. The Balaban J connectivity index is 3.11. The van der Waals surface area contributed by atoms with Crippen LogP contribution in [0.1, 0.15) is 15.9 Å². The number of amides is 1. The summed E-state index contributed by atoms with van der Waals surface area (Å²) in [6, 6.07) is 4.75. The largest absolute Gasteiger partial charge is 0.355 e. The van der Waals surface area contributed by atoms with Gasteiger partial charge in [-0.25, -0.2) is 8.42 Å². The zero-order valence-corrected chi connectivity index (χ0v) is 11.0. The maximum Gasteiger partial charge on any atom is 0.251 e. The van der Waals surface area contributed by atoms with Crippen molar-refractivity contribution in [3.63, 3.8) is 0 Å². The van der Waals surface area contributed by atoms with Crippen molar-refractivity contribution < 1.29 is 13.2 Å². The van der Waals surface area contributed by atoms with Crippen molar-refractivity contribution in [2.45, 2.75) is 6.92 Å². The molecule has 0 unspecified atom stereocenters. The molecule has 0 aliphatic rings. The van der Waals surface area contributed by atoms with E-state index in [-0.39, 0.29) is 5.91 Å². The number of hydrogen-bond acceptors (Lipinski definition) is 3. The predicted molar refractivity (Wildman–Crippen MR) is 67.8 cm³/mol. The Bertz CT molecular complexity index is 528. The van der Waals surface area contributed by atoms with E-state index in [1.165, 1.54) is 13.1 Å². The smallest absolute Gasteiger partial charge is 0.251 e. The second kappa shape index (κ2) is 5.37. The predicted octanol–water partition coefficient (Wildman–Crippen LogP) is 1.29. The molecule has 0 bridgehead atoms. The Hall–Kier alpha value is -1.27. The zero-order chi connectivity index (χ0) is 13.1. The van der Waals surface area contributed by atoms with Crippen LogP contribution >= 0.6 is 11.6 Å². The minimum atomic E-state index is -3.56. The van der Waals surface area contributed by atoms with Crippen LogP contribution in [0.15, 0.2) is 18.2 Å². The molecule has 1 rings (SSSR count). The molecule has 2 N–H and O–H groups in total. The Morgan fingerprint density at radius 1 is 1.41 bits per heavy atom. The molecule has 0 fully saturated rings. The lowest BCUT2D eigenvalue weighted by Gasteiger charge is -2.10. The molecule has 0 saturated carbocycles. The van der Waals surface area contributed by atoms with Gasteiger partial charge in [-0.1, -0.05) is 6.07 Å². The van der Waals surface area contributed by atoms with Gasteiger partial charge in [0, 0.05) is 12.6 Å². The molecule has 1 aromatic rings. The van der Waals surface area contributed by atoms with E-state index in [1.54, 1.807) is 19.1 Å². The first-order valence-electron chi connectivity index (χ1n) is 4.79. The van der Waals surface area contributed by atoms with Gasteiger partial charge in [-0.05, 0) is 24.6 Å². The average Bonchev–Trinajstić information content (AvgIpc) is 2.30. The quantitative estimate of drug-likeness (QED) is 0.814. The SMILES string of the molecule is CNC(=O)c1ccc(C)c(NS(=O)(=O)CCl)c1. The zero-order valence-electron chi connectivity index (χ0n) is 9.45. The number of alkyl halides is 1. The highest BCUT2D eigenvalue weighted by molar-refractivity contribution is 7.93.